The molecule has 1 heterocycles. The zero-order valence-corrected chi connectivity index (χ0v) is 11.2. The fourth-order valence-electron chi connectivity index (χ4n) is 1.91. The van der Waals surface area contributed by atoms with Crippen molar-refractivity contribution in [3.05, 3.63) is 18.2 Å². The quantitative estimate of drug-likeness (QED) is 0.904. The van der Waals surface area contributed by atoms with Crippen LogP contribution in [0.25, 0.3) is 0 Å². The first-order chi connectivity index (χ1) is 9.11. The molecular formula is C14H18N2O3. The molecule has 1 aliphatic heterocycles. The Morgan fingerprint density at radius 2 is 2.26 bits per heavy atom. The van der Waals surface area contributed by atoms with E-state index in [1.807, 2.05) is 6.92 Å². The number of hydrogen-bond acceptors (Lipinski definition) is 3. The van der Waals surface area contributed by atoms with E-state index >= 15 is 0 Å². The maximum absolute atomic E-state index is 11.7. The summed E-state index contributed by atoms with van der Waals surface area (Å²) in [5.74, 6) is 0.558. The van der Waals surface area contributed by atoms with Crippen LogP contribution in [0.3, 0.4) is 0 Å². The standard InChI is InChI=1S/C14H18N2O3/c1-3-4-5-13(17)15-10-6-7-12-11(8-10)16(2)14(18)9-19-12/h6-8H,3-5,9H2,1-2H3,(H,15,17). The van der Waals surface area contributed by atoms with Gasteiger partial charge in [0.25, 0.3) is 5.91 Å². The van der Waals surface area contributed by atoms with Crippen LogP contribution in [0.15, 0.2) is 18.2 Å². The van der Waals surface area contributed by atoms with Crippen LogP contribution >= 0.6 is 0 Å². The normalized spacial score (nSPS) is 13.8. The summed E-state index contributed by atoms with van der Waals surface area (Å²) in [6.07, 6.45) is 2.37. The first-order valence-electron chi connectivity index (χ1n) is 6.45. The second-order valence-corrected chi connectivity index (χ2v) is 4.58. The van der Waals surface area contributed by atoms with Gasteiger partial charge in [0.15, 0.2) is 6.61 Å². The van der Waals surface area contributed by atoms with Crippen LogP contribution in [0, 0.1) is 0 Å². The third kappa shape index (κ3) is 3.05. The van der Waals surface area contributed by atoms with Crippen LogP contribution in [0.1, 0.15) is 26.2 Å². The largest absolute Gasteiger partial charge is 0.482 e. The highest BCUT2D eigenvalue weighted by molar-refractivity contribution is 5.99. The van der Waals surface area contributed by atoms with Crippen molar-refractivity contribution < 1.29 is 14.3 Å². The van der Waals surface area contributed by atoms with E-state index in [1.54, 1.807) is 30.1 Å². The summed E-state index contributed by atoms with van der Waals surface area (Å²) < 4.78 is 5.33. The van der Waals surface area contributed by atoms with Crippen molar-refractivity contribution in [2.75, 3.05) is 23.9 Å². The van der Waals surface area contributed by atoms with Gasteiger partial charge in [0.2, 0.25) is 5.91 Å². The van der Waals surface area contributed by atoms with Gasteiger partial charge in [-0.05, 0) is 24.6 Å². The van der Waals surface area contributed by atoms with E-state index in [2.05, 4.69) is 5.32 Å². The summed E-state index contributed by atoms with van der Waals surface area (Å²) >= 11 is 0. The monoisotopic (exact) mass is 262 g/mol. The predicted octanol–water partition coefficient (Wildman–Crippen LogP) is 2.17. The number of hydrogen-bond donors (Lipinski definition) is 1. The lowest BCUT2D eigenvalue weighted by Crippen LogP contribution is -2.35. The summed E-state index contributed by atoms with van der Waals surface area (Å²) in [6, 6.07) is 5.32. The third-order valence-electron chi connectivity index (χ3n) is 3.09. The summed E-state index contributed by atoms with van der Waals surface area (Å²) in [6.45, 7) is 2.11. The number of ether oxygens (including phenoxy) is 1. The molecule has 0 fully saturated rings. The molecule has 0 saturated carbocycles. The Morgan fingerprint density at radius 1 is 1.47 bits per heavy atom. The first-order valence-corrected chi connectivity index (χ1v) is 6.45. The number of nitrogens with one attached hydrogen (secondary N) is 1. The number of rotatable bonds is 4. The number of amides is 2. The van der Waals surface area contributed by atoms with Crippen LogP contribution in [0.5, 0.6) is 5.75 Å². The summed E-state index contributed by atoms with van der Waals surface area (Å²) in [5.41, 5.74) is 1.37. The van der Waals surface area contributed by atoms with E-state index in [1.165, 1.54) is 0 Å². The number of nitrogens with zero attached hydrogens (tertiary/aromatic N) is 1. The van der Waals surface area contributed by atoms with Crippen LogP contribution in [-0.2, 0) is 9.59 Å². The van der Waals surface area contributed by atoms with E-state index in [0.717, 1.165) is 12.8 Å². The van der Waals surface area contributed by atoms with Crippen LogP contribution < -0.4 is 15.0 Å². The van der Waals surface area contributed by atoms with E-state index in [-0.39, 0.29) is 18.4 Å². The van der Waals surface area contributed by atoms with Crippen molar-refractivity contribution in [2.45, 2.75) is 26.2 Å². The Bertz CT molecular complexity index is 499. The topological polar surface area (TPSA) is 58.6 Å². The average molecular weight is 262 g/mol. The zero-order valence-electron chi connectivity index (χ0n) is 11.2. The predicted molar refractivity (Wildman–Crippen MR) is 73.5 cm³/mol. The number of benzene rings is 1. The molecular weight excluding hydrogens is 244 g/mol. The van der Waals surface area contributed by atoms with Gasteiger partial charge in [-0.25, -0.2) is 0 Å². The molecule has 0 unspecified atom stereocenters. The number of likely N-dealkylation sites (N-methyl/N-ethyl adjacent to an activating group) is 1. The number of unbranched alkanes of at least 4 members (excludes halogenated alkanes) is 1. The van der Waals surface area contributed by atoms with Gasteiger partial charge in [-0.1, -0.05) is 13.3 Å². The van der Waals surface area contributed by atoms with Crippen molar-refractivity contribution in [3.8, 4) is 5.75 Å². The molecule has 1 aromatic rings. The summed E-state index contributed by atoms with van der Waals surface area (Å²) in [7, 11) is 1.70. The Balaban J connectivity index is 2.12. The van der Waals surface area contributed by atoms with E-state index < -0.39 is 0 Å². The summed E-state index contributed by atoms with van der Waals surface area (Å²) in [4.78, 5) is 24.7. The molecule has 0 aliphatic carbocycles. The molecule has 0 saturated heterocycles. The van der Waals surface area contributed by atoms with Gasteiger partial charge in [0.05, 0.1) is 5.69 Å². The van der Waals surface area contributed by atoms with Gasteiger partial charge in [-0.15, -0.1) is 0 Å². The average Bonchev–Trinajstić information content (AvgIpc) is 2.41. The Labute approximate surface area is 112 Å². The fourth-order valence-corrected chi connectivity index (χ4v) is 1.91. The van der Waals surface area contributed by atoms with Crippen molar-refractivity contribution in [1.82, 2.24) is 0 Å². The van der Waals surface area contributed by atoms with Crippen molar-refractivity contribution >= 4 is 23.2 Å². The van der Waals surface area contributed by atoms with Gasteiger partial charge >= 0.3 is 0 Å². The number of carbonyl (C=O) groups excluding carboxylic acids is 2. The molecule has 19 heavy (non-hydrogen) atoms. The Hall–Kier alpha value is -2.04. The van der Waals surface area contributed by atoms with Gasteiger partial charge in [0, 0.05) is 19.2 Å². The molecule has 0 bridgehead atoms. The third-order valence-corrected chi connectivity index (χ3v) is 3.09. The van der Waals surface area contributed by atoms with Crippen LogP contribution in [0.4, 0.5) is 11.4 Å². The van der Waals surface area contributed by atoms with Crippen LogP contribution in [-0.4, -0.2) is 25.5 Å². The molecule has 1 aliphatic rings. The number of anilines is 2. The van der Waals surface area contributed by atoms with Gasteiger partial charge in [-0.2, -0.15) is 0 Å². The minimum atomic E-state index is -0.0954. The SMILES string of the molecule is CCCCC(=O)Nc1ccc2c(c1)N(C)C(=O)CO2. The Kier molecular flexibility index (Phi) is 4.04. The van der Waals surface area contributed by atoms with Crippen molar-refractivity contribution in [3.63, 3.8) is 0 Å². The van der Waals surface area contributed by atoms with Gasteiger partial charge in [0.1, 0.15) is 5.75 Å². The minimum absolute atomic E-state index is 0.00694. The maximum atomic E-state index is 11.7. The number of fused-ring (bicyclic) bond motifs is 1. The molecule has 102 valence electrons. The lowest BCUT2D eigenvalue weighted by molar-refractivity contribution is -0.121. The second kappa shape index (κ2) is 5.73. The molecule has 0 atom stereocenters. The highest BCUT2D eigenvalue weighted by Crippen LogP contribution is 2.33. The molecule has 5 heteroatoms. The minimum Gasteiger partial charge on any atom is -0.482 e. The highest BCUT2D eigenvalue weighted by Gasteiger charge is 2.22. The first kappa shape index (κ1) is 13.4. The molecule has 0 aromatic heterocycles. The maximum Gasteiger partial charge on any atom is 0.264 e. The molecule has 0 radical (unpaired) electrons. The lowest BCUT2D eigenvalue weighted by atomic mass is 10.2. The van der Waals surface area contributed by atoms with Crippen LogP contribution in [0.2, 0.25) is 0 Å². The van der Waals surface area contributed by atoms with E-state index in [4.69, 9.17) is 4.74 Å². The Morgan fingerprint density at radius 3 is 3.00 bits per heavy atom. The van der Waals surface area contributed by atoms with E-state index in [0.29, 0.717) is 23.5 Å². The number of carbonyl (C=O) groups is 2. The fraction of sp³-hybridized carbons (Fsp3) is 0.429. The lowest BCUT2D eigenvalue weighted by Gasteiger charge is -2.26. The molecule has 2 amide bonds. The van der Waals surface area contributed by atoms with Gasteiger partial charge in [-0.3, -0.25) is 9.59 Å². The molecule has 1 aromatic carbocycles. The van der Waals surface area contributed by atoms with Gasteiger partial charge < -0.3 is 15.0 Å². The van der Waals surface area contributed by atoms with Crippen molar-refractivity contribution in [2.24, 2.45) is 0 Å². The molecule has 5 nitrogen and oxygen atoms in total. The van der Waals surface area contributed by atoms with Crippen molar-refractivity contribution in [1.29, 1.82) is 0 Å². The molecule has 1 N–H and O–H groups in total. The molecule has 2 rings (SSSR count). The zero-order chi connectivity index (χ0) is 13.8. The smallest absolute Gasteiger partial charge is 0.264 e. The molecule has 0 spiro atoms. The van der Waals surface area contributed by atoms with E-state index in [9.17, 15) is 9.59 Å². The second-order valence-electron chi connectivity index (χ2n) is 4.58. The highest BCUT2D eigenvalue weighted by atomic mass is 16.5. The summed E-state index contributed by atoms with van der Waals surface area (Å²) in [5, 5.41) is 2.83.